The Morgan fingerprint density at radius 2 is 2.22 bits per heavy atom. The molecule has 0 aromatic carbocycles. The molecule has 0 aliphatic heterocycles. The molecule has 1 fully saturated rings. The van der Waals surface area contributed by atoms with E-state index in [0.717, 1.165) is 17.2 Å². The van der Waals surface area contributed by atoms with Gasteiger partial charge in [-0.3, -0.25) is 0 Å². The Morgan fingerprint density at radius 1 is 1.33 bits per heavy atom. The van der Waals surface area contributed by atoms with E-state index in [1.54, 1.807) is 6.20 Å². The SMILES string of the molecule is OCc1ccc(NCc2nccn2C2CC2)nc1. The molecule has 2 heterocycles. The van der Waals surface area contributed by atoms with Gasteiger partial charge >= 0.3 is 0 Å². The highest BCUT2D eigenvalue weighted by atomic mass is 16.3. The standard InChI is InChI=1S/C13H16N4O/c18-9-10-1-4-12(15-7-10)16-8-13-14-5-6-17(13)11-2-3-11/h1,4-7,11,18H,2-3,8-9H2,(H,15,16). The minimum atomic E-state index is 0.0271. The summed E-state index contributed by atoms with van der Waals surface area (Å²) in [6, 6.07) is 4.38. The second-order valence-electron chi connectivity index (χ2n) is 4.55. The minimum Gasteiger partial charge on any atom is -0.392 e. The highest BCUT2D eigenvalue weighted by Crippen LogP contribution is 2.35. The molecule has 1 aliphatic carbocycles. The lowest BCUT2D eigenvalue weighted by atomic mass is 10.3. The highest BCUT2D eigenvalue weighted by Gasteiger charge is 2.25. The van der Waals surface area contributed by atoms with Crippen molar-refractivity contribution in [3.05, 3.63) is 42.1 Å². The molecule has 1 aliphatic rings. The lowest BCUT2D eigenvalue weighted by Crippen LogP contribution is -2.08. The van der Waals surface area contributed by atoms with Gasteiger partial charge in [0, 0.05) is 24.6 Å². The van der Waals surface area contributed by atoms with E-state index >= 15 is 0 Å². The molecule has 3 rings (SSSR count). The molecule has 2 aromatic heterocycles. The monoisotopic (exact) mass is 244 g/mol. The van der Waals surface area contributed by atoms with Crippen LogP contribution in [0.2, 0.25) is 0 Å². The van der Waals surface area contributed by atoms with E-state index in [2.05, 4.69) is 19.9 Å². The number of hydrogen-bond donors (Lipinski definition) is 2. The van der Waals surface area contributed by atoms with E-state index in [-0.39, 0.29) is 6.61 Å². The number of imidazole rings is 1. The van der Waals surface area contributed by atoms with E-state index in [9.17, 15) is 0 Å². The third-order valence-corrected chi connectivity index (χ3v) is 3.12. The fraction of sp³-hybridized carbons (Fsp3) is 0.385. The van der Waals surface area contributed by atoms with Crippen LogP contribution in [0.1, 0.15) is 30.3 Å². The number of aliphatic hydroxyl groups excluding tert-OH is 1. The maximum Gasteiger partial charge on any atom is 0.128 e. The Morgan fingerprint density at radius 3 is 2.89 bits per heavy atom. The number of nitrogens with zero attached hydrogens (tertiary/aromatic N) is 3. The van der Waals surface area contributed by atoms with Crippen molar-refractivity contribution in [1.29, 1.82) is 0 Å². The first-order valence-electron chi connectivity index (χ1n) is 6.18. The van der Waals surface area contributed by atoms with Crippen LogP contribution < -0.4 is 5.32 Å². The highest BCUT2D eigenvalue weighted by molar-refractivity contribution is 5.35. The number of hydrogen-bond acceptors (Lipinski definition) is 4. The number of pyridine rings is 1. The van der Waals surface area contributed by atoms with Gasteiger partial charge in [-0.15, -0.1) is 0 Å². The van der Waals surface area contributed by atoms with Crippen molar-refractivity contribution >= 4 is 5.82 Å². The summed E-state index contributed by atoms with van der Waals surface area (Å²) >= 11 is 0. The van der Waals surface area contributed by atoms with Crippen LogP contribution in [0, 0.1) is 0 Å². The minimum absolute atomic E-state index is 0.0271. The predicted octanol–water partition coefficient (Wildman–Crippen LogP) is 1.72. The van der Waals surface area contributed by atoms with Gasteiger partial charge in [-0.2, -0.15) is 0 Å². The smallest absolute Gasteiger partial charge is 0.128 e. The van der Waals surface area contributed by atoms with Crippen LogP contribution in [0.4, 0.5) is 5.82 Å². The van der Waals surface area contributed by atoms with E-state index < -0.39 is 0 Å². The first kappa shape index (κ1) is 11.2. The summed E-state index contributed by atoms with van der Waals surface area (Å²) in [6.07, 6.45) is 8.07. The molecule has 18 heavy (non-hydrogen) atoms. The van der Waals surface area contributed by atoms with Crippen molar-refractivity contribution in [3.63, 3.8) is 0 Å². The van der Waals surface area contributed by atoms with Crippen LogP contribution in [-0.4, -0.2) is 19.6 Å². The van der Waals surface area contributed by atoms with E-state index in [4.69, 9.17) is 5.11 Å². The molecule has 0 radical (unpaired) electrons. The van der Waals surface area contributed by atoms with Crippen molar-refractivity contribution in [2.24, 2.45) is 0 Å². The Balaban J connectivity index is 1.64. The lowest BCUT2D eigenvalue weighted by molar-refractivity contribution is 0.281. The van der Waals surface area contributed by atoms with Gasteiger partial charge in [0.1, 0.15) is 11.6 Å². The van der Waals surface area contributed by atoms with Crippen molar-refractivity contribution in [3.8, 4) is 0 Å². The van der Waals surface area contributed by atoms with Crippen molar-refractivity contribution in [2.45, 2.75) is 32.0 Å². The second kappa shape index (κ2) is 4.78. The number of aromatic nitrogens is 3. The average molecular weight is 244 g/mol. The maximum absolute atomic E-state index is 8.94. The molecule has 0 spiro atoms. The Labute approximate surface area is 106 Å². The van der Waals surface area contributed by atoms with E-state index in [1.165, 1.54) is 12.8 Å². The Bertz CT molecular complexity index is 516. The second-order valence-corrected chi connectivity index (χ2v) is 4.55. The molecule has 0 atom stereocenters. The largest absolute Gasteiger partial charge is 0.392 e. The molecule has 2 aromatic rings. The average Bonchev–Trinajstić information content (AvgIpc) is 3.16. The van der Waals surface area contributed by atoms with E-state index in [1.807, 2.05) is 24.5 Å². The molecule has 5 nitrogen and oxygen atoms in total. The maximum atomic E-state index is 8.94. The molecule has 0 amide bonds. The topological polar surface area (TPSA) is 63.0 Å². The van der Waals surface area contributed by atoms with Gasteiger partial charge in [0.05, 0.1) is 13.2 Å². The van der Waals surface area contributed by atoms with Crippen LogP contribution >= 0.6 is 0 Å². The number of anilines is 1. The normalized spacial score (nSPS) is 14.7. The number of nitrogens with one attached hydrogen (secondary N) is 1. The van der Waals surface area contributed by atoms with Gasteiger partial charge in [-0.25, -0.2) is 9.97 Å². The molecule has 94 valence electrons. The summed E-state index contributed by atoms with van der Waals surface area (Å²) in [5.41, 5.74) is 0.819. The van der Waals surface area contributed by atoms with Crippen LogP contribution in [0.15, 0.2) is 30.7 Å². The van der Waals surface area contributed by atoms with Crippen molar-refractivity contribution in [2.75, 3.05) is 5.32 Å². The molecule has 0 bridgehead atoms. The zero-order valence-electron chi connectivity index (χ0n) is 10.1. The third kappa shape index (κ3) is 2.36. The van der Waals surface area contributed by atoms with Gasteiger partial charge in [-0.05, 0) is 24.5 Å². The quantitative estimate of drug-likeness (QED) is 0.840. The lowest BCUT2D eigenvalue weighted by Gasteiger charge is -2.08. The Hall–Kier alpha value is -1.88. The number of rotatable bonds is 5. The van der Waals surface area contributed by atoms with Gasteiger partial charge in [0.15, 0.2) is 0 Å². The fourth-order valence-electron chi connectivity index (χ4n) is 1.96. The summed E-state index contributed by atoms with van der Waals surface area (Å²) < 4.78 is 2.23. The molecule has 5 heteroatoms. The van der Waals surface area contributed by atoms with Crippen LogP contribution in [0.5, 0.6) is 0 Å². The summed E-state index contributed by atoms with van der Waals surface area (Å²) in [6.45, 7) is 0.703. The summed E-state index contributed by atoms with van der Waals surface area (Å²) in [5, 5.41) is 12.2. The first-order valence-corrected chi connectivity index (χ1v) is 6.18. The molecule has 0 saturated heterocycles. The van der Waals surface area contributed by atoms with Crippen LogP contribution in [0.25, 0.3) is 0 Å². The number of aliphatic hydroxyl groups is 1. The molecule has 2 N–H and O–H groups in total. The fourth-order valence-corrected chi connectivity index (χ4v) is 1.96. The summed E-state index contributed by atoms with van der Waals surface area (Å²) in [7, 11) is 0. The predicted molar refractivity (Wildman–Crippen MR) is 68.0 cm³/mol. The third-order valence-electron chi connectivity index (χ3n) is 3.12. The van der Waals surface area contributed by atoms with Crippen molar-refractivity contribution < 1.29 is 5.11 Å². The first-order chi connectivity index (χ1) is 8.86. The zero-order valence-corrected chi connectivity index (χ0v) is 10.1. The van der Waals surface area contributed by atoms with Crippen LogP contribution in [0.3, 0.4) is 0 Å². The zero-order chi connectivity index (χ0) is 12.4. The molecule has 0 unspecified atom stereocenters. The molecular weight excluding hydrogens is 228 g/mol. The Kier molecular flexibility index (Phi) is 2.98. The van der Waals surface area contributed by atoms with Gasteiger partial charge in [-0.1, -0.05) is 6.07 Å². The molecular formula is C13H16N4O. The molecule has 1 saturated carbocycles. The van der Waals surface area contributed by atoms with Gasteiger partial charge in [0.2, 0.25) is 0 Å². The summed E-state index contributed by atoms with van der Waals surface area (Å²) in [4.78, 5) is 8.59. The van der Waals surface area contributed by atoms with Gasteiger partial charge < -0.3 is 15.0 Å². The summed E-state index contributed by atoms with van der Waals surface area (Å²) in [5.74, 6) is 1.85. The van der Waals surface area contributed by atoms with Crippen molar-refractivity contribution in [1.82, 2.24) is 14.5 Å². The van der Waals surface area contributed by atoms with Crippen LogP contribution in [-0.2, 0) is 13.2 Å². The van der Waals surface area contributed by atoms with Gasteiger partial charge in [0.25, 0.3) is 0 Å². The van der Waals surface area contributed by atoms with E-state index in [0.29, 0.717) is 12.6 Å².